The Balaban J connectivity index is 1.71. The van der Waals surface area contributed by atoms with Gasteiger partial charge in [-0.05, 0) is 65.8 Å². The molecule has 1 heterocycles. The van der Waals surface area contributed by atoms with Crippen molar-refractivity contribution >= 4 is 23.4 Å². The molecule has 0 aliphatic rings. The minimum atomic E-state index is 0.107. The summed E-state index contributed by atoms with van der Waals surface area (Å²) in [5, 5.41) is 10.7. The number of aromatic nitrogens is 3. The zero-order valence-electron chi connectivity index (χ0n) is 19.2. The highest BCUT2D eigenvalue weighted by Gasteiger charge is 2.18. The molecule has 3 aromatic carbocycles. The quantitative estimate of drug-likeness (QED) is 0.284. The van der Waals surface area contributed by atoms with Gasteiger partial charge in [0, 0.05) is 22.0 Å². The first-order valence-electron chi connectivity index (χ1n) is 10.7. The highest BCUT2D eigenvalue weighted by molar-refractivity contribution is 7.98. The van der Waals surface area contributed by atoms with Crippen LogP contribution in [0.15, 0.2) is 71.9 Å². The molecule has 0 aliphatic heterocycles. The zero-order chi connectivity index (χ0) is 22.9. The summed E-state index contributed by atoms with van der Waals surface area (Å²) in [6.07, 6.45) is 0. The Morgan fingerprint density at radius 2 is 1.53 bits per heavy atom. The third-order valence-electron chi connectivity index (χ3n) is 5.67. The molecule has 0 bridgehead atoms. The van der Waals surface area contributed by atoms with E-state index in [0.29, 0.717) is 5.02 Å². The fraction of sp³-hybridized carbons (Fsp3) is 0.259. The Hall–Kier alpha value is -2.56. The highest BCUT2D eigenvalue weighted by Crippen LogP contribution is 2.32. The molecule has 0 atom stereocenters. The van der Waals surface area contributed by atoms with Crippen LogP contribution in [0.2, 0.25) is 5.02 Å². The van der Waals surface area contributed by atoms with Gasteiger partial charge in [-0.3, -0.25) is 4.57 Å². The average Bonchev–Trinajstić information content (AvgIpc) is 3.18. The van der Waals surface area contributed by atoms with Gasteiger partial charge in [0.15, 0.2) is 11.0 Å². The molecule has 4 aromatic rings. The molecule has 0 amide bonds. The first-order chi connectivity index (χ1) is 15.2. The maximum absolute atomic E-state index is 6.15. The summed E-state index contributed by atoms with van der Waals surface area (Å²) in [7, 11) is 0. The molecule has 32 heavy (non-hydrogen) atoms. The SMILES string of the molecule is Cc1ccc(CSc2nnc(-c3ccc(C(C)(C)C)cc3)n2-c2ccc(Cl)cc2)cc1C. The lowest BCUT2D eigenvalue weighted by molar-refractivity contribution is 0.590. The number of benzene rings is 3. The second-order valence-corrected chi connectivity index (χ2v) is 10.5. The molecule has 0 spiro atoms. The molecule has 0 radical (unpaired) electrons. The number of hydrogen-bond acceptors (Lipinski definition) is 3. The number of halogens is 1. The number of hydrogen-bond donors (Lipinski definition) is 0. The molecular weight excluding hydrogens is 434 g/mol. The maximum atomic E-state index is 6.15. The van der Waals surface area contributed by atoms with Crippen LogP contribution in [0.25, 0.3) is 17.1 Å². The predicted molar refractivity (Wildman–Crippen MR) is 136 cm³/mol. The van der Waals surface area contributed by atoms with Gasteiger partial charge in [-0.1, -0.05) is 86.6 Å². The monoisotopic (exact) mass is 461 g/mol. The zero-order valence-corrected chi connectivity index (χ0v) is 20.8. The number of aryl methyl sites for hydroxylation is 2. The molecule has 0 unspecified atom stereocenters. The van der Waals surface area contributed by atoms with Crippen molar-refractivity contribution in [1.82, 2.24) is 14.8 Å². The van der Waals surface area contributed by atoms with E-state index in [2.05, 4.69) is 91.8 Å². The lowest BCUT2D eigenvalue weighted by Gasteiger charge is -2.19. The van der Waals surface area contributed by atoms with Gasteiger partial charge in [0.1, 0.15) is 0 Å². The highest BCUT2D eigenvalue weighted by atomic mass is 35.5. The van der Waals surface area contributed by atoms with Crippen LogP contribution in [0, 0.1) is 13.8 Å². The summed E-state index contributed by atoms with van der Waals surface area (Å²) in [6, 6.07) is 23.1. The summed E-state index contributed by atoms with van der Waals surface area (Å²) >= 11 is 7.85. The molecule has 5 heteroatoms. The number of rotatable bonds is 5. The second-order valence-electron chi connectivity index (χ2n) is 9.15. The molecule has 0 fully saturated rings. The lowest BCUT2D eigenvalue weighted by Crippen LogP contribution is -2.10. The molecule has 1 aromatic heterocycles. The molecular formula is C27H28ClN3S. The van der Waals surface area contributed by atoms with Crippen molar-refractivity contribution in [3.05, 3.63) is 94.0 Å². The van der Waals surface area contributed by atoms with E-state index >= 15 is 0 Å². The summed E-state index contributed by atoms with van der Waals surface area (Å²) in [4.78, 5) is 0. The van der Waals surface area contributed by atoms with Crippen LogP contribution in [0.3, 0.4) is 0 Å². The van der Waals surface area contributed by atoms with Crippen LogP contribution in [0.4, 0.5) is 0 Å². The molecule has 164 valence electrons. The number of nitrogens with zero attached hydrogens (tertiary/aromatic N) is 3. The molecule has 0 N–H and O–H groups in total. The van der Waals surface area contributed by atoms with Gasteiger partial charge >= 0.3 is 0 Å². The largest absolute Gasteiger partial charge is 0.270 e. The third kappa shape index (κ3) is 4.92. The second kappa shape index (κ2) is 9.13. The Bertz CT molecular complexity index is 1220. The average molecular weight is 462 g/mol. The van der Waals surface area contributed by atoms with E-state index in [1.165, 1.54) is 22.3 Å². The Morgan fingerprint density at radius 1 is 0.844 bits per heavy atom. The van der Waals surface area contributed by atoms with Crippen molar-refractivity contribution in [2.24, 2.45) is 0 Å². The van der Waals surface area contributed by atoms with E-state index in [9.17, 15) is 0 Å². The standard InChI is InChI=1S/C27H28ClN3S/c1-18-6-7-20(16-19(18)2)17-32-26-30-29-25(31(26)24-14-12-23(28)13-15-24)21-8-10-22(11-9-21)27(3,4)5/h6-16H,17H2,1-5H3. The molecule has 3 nitrogen and oxygen atoms in total. The minimum absolute atomic E-state index is 0.107. The van der Waals surface area contributed by atoms with Crippen molar-refractivity contribution in [2.45, 2.75) is 50.9 Å². The predicted octanol–water partition coefficient (Wildman–Crippen LogP) is 7.79. The maximum Gasteiger partial charge on any atom is 0.196 e. The van der Waals surface area contributed by atoms with Crippen molar-refractivity contribution < 1.29 is 0 Å². The van der Waals surface area contributed by atoms with Crippen molar-refractivity contribution in [3.8, 4) is 17.1 Å². The Morgan fingerprint density at radius 3 is 2.16 bits per heavy atom. The Labute approximate surface area is 199 Å². The molecule has 4 rings (SSSR count). The van der Waals surface area contributed by atoms with Gasteiger partial charge in [0.25, 0.3) is 0 Å². The van der Waals surface area contributed by atoms with E-state index in [0.717, 1.165) is 28.0 Å². The smallest absolute Gasteiger partial charge is 0.196 e. The first-order valence-corrected chi connectivity index (χ1v) is 12.1. The summed E-state index contributed by atoms with van der Waals surface area (Å²) in [6.45, 7) is 11.0. The van der Waals surface area contributed by atoms with Gasteiger partial charge in [0.2, 0.25) is 0 Å². The summed E-state index contributed by atoms with van der Waals surface area (Å²) in [5.41, 5.74) is 7.33. The molecule has 0 saturated carbocycles. The summed E-state index contributed by atoms with van der Waals surface area (Å²) < 4.78 is 2.12. The third-order valence-corrected chi connectivity index (χ3v) is 6.92. The van der Waals surface area contributed by atoms with Gasteiger partial charge in [-0.15, -0.1) is 10.2 Å². The van der Waals surface area contributed by atoms with Crippen LogP contribution >= 0.6 is 23.4 Å². The van der Waals surface area contributed by atoms with Crippen molar-refractivity contribution in [1.29, 1.82) is 0 Å². The van der Waals surface area contributed by atoms with E-state index in [-0.39, 0.29) is 5.41 Å². The van der Waals surface area contributed by atoms with Crippen LogP contribution in [0.1, 0.15) is 43.0 Å². The van der Waals surface area contributed by atoms with E-state index in [1.54, 1.807) is 11.8 Å². The number of thioether (sulfide) groups is 1. The fourth-order valence-corrected chi connectivity index (χ4v) is 4.55. The minimum Gasteiger partial charge on any atom is -0.270 e. The lowest BCUT2D eigenvalue weighted by atomic mass is 9.87. The van der Waals surface area contributed by atoms with E-state index in [4.69, 9.17) is 11.6 Å². The normalized spacial score (nSPS) is 11.7. The van der Waals surface area contributed by atoms with Crippen molar-refractivity contribution in [3.63, 3.8) is 0 Å². The van der Waals surface area contributed by atoms with Crippen molar-refractivity contribution in [2.75, 3.05) is 0 Å². The summed E-state index contributed by atoms with van der Waals surface area (Å²) in [5.74, 6) is 1.66. The van der Waals surface area contributed by atoms with Gasteiger partial charge in [-0.25, -0.2) is 0 Å². The van der Waals surface area contributed by atoms with Gasteiger partial charge < -0.3 is 0 Å². The van der Waals surface area contributed by atoms with E-state index in [1.807, 2.05) is 24.3 Å². The van der Waals surface area contributed by atoms with E-state index < -0.39 is 0 Å². The topological polar surface area (TPSA) is 30.7 Å². The van der Waals surface area contributed by atoms with Crippen LogP contribution in [-0.2, 0) is 11.2 Å². The Kier molecular flexibility index (Phi) is 6.45. The fourth-order valence-electron chi connectivity index (χ4n) is 3.53. The first kappa shape index (κ1) is 22.6. The van der Waals surface area contributed by atoms with Gasteiger partial charge in [-0.2, -0.15) is 0 Å². The molecule has 0 saturated heterocycles. The van der Waals surface area contributed by atoms with Crippen LogP contribution in [-0.4, -0.2) is 14.8 Å². The molecule has 0 aliphatic carbocycles. The van der Waals surface area contributed by atoms with Gasteiger partial charge in [0.05, 0.1) is 0 Å². The van der Waals surface area contributed by atoms with Crippen LogP contribution in [0.5, 0.6) is 0 Å². The van der Waals surface area contributed by atoms with Crippen LogP contribution < -0.4 is 0 Å².